The van der Waals surface area contributed by atoms with Crippen molar-refractivity contribution in [3.05, 3.63) is 27.1 Å². The van der Waals surface area contributed by atoms with Gasteiger partial charge in [-0.1, -0.05) is 31.1 Å². The largest absolute Gasteiger partial charge is 0.324 e. The molecule has 1 aromatic heterocycles. The molecule has 0 aliphatic heterocycles. The van der Waals surface area contributed by atoms with E-state index in [4.69, 9.17) is 0 Å². The third-order valence-electron chi connectivity index (χ3n) is 3.48. The van der Waals surface area contributed by atoms with Gasteiger partial charge in [0.05, 0.1) is 4.92 Å². The first-order chi connectivity index (χ1) is 8.16. The molecule has 2 atom stereocenters. The Morgan fingerprint density at radius 2 is 2.24 bits per heavy atom. The second kappa shape index (κ2) is 5.60. The lowest BCUT2D eigenvalue weighted by Crippen LogP contribution is -2.36. The molecular formula is C12H18N2O2S. The Morgan fingerprint density at radius 1 is 1.47 bits per heavy atom. The molecule has 17 heavy (non-hydrogen) atoms. The van der Waals surface area contributed by atoms with E-state index in [1.807, 2.05) is 6.07 Å². The highest BCUT2D eigenvalue weighted by molar-refractivity contribution is 7.15. The average Bonchev–Trinajstić information content (AvgIpc) is 2.77. The summed E-state index contributed by atoms with van der Waals surface area (Å²) in [6, 6.07) is 4.01. The van der Waals surface area contributed by atoms with Gasteiger partial charge in [0.15, 0.2) is 0 Å². The fraction of sp³-hybridized carbons (Fsp3) is 0.667. The minimum absolute atomic E-state index is 0.235. The molecule has 5 heteroatoms. The van der Waals surface area contributed by atoms with Gasteiger partial charge in [-0.05, 0) is 24.8 Å². The van der Waals surface area contributed by atoms with Gasteiger partial charge in [0.2, 0.25) is 0 Å². The van der Waals surface area contributed by atoms with E-state index in [-0.39, 0.29) is 9.92 Å². The molecular weight excluding hydrogens is 236 g/mol. The van der Waals surface area contributed by atoms with E-state index in [9.17, 15) is 10.1 Å². The average molecular weight is 254 g/mol. The summed E-state index contributed by atoms with van der Waals surface area (Å²) in [6.45, 7) is 3.04. The summed E-state index contributed by atoms with van der Waals surface area (Å²) >= 11 is 1.27. The fourth-order valence-corrected chi connectivity index (χ4v) is 3.18. The van der Waals surface area contributed by atoms with Crippen LogP contribution in [0.5, 0.6) is 0 Å². The molecule has 1 aromatic rings. The van der Waals surface area contributed by atoms with Crippen molar-refractivity contribution >= 4 is 16.3 Å². The Morgan fingerprint density at radius 3 is 2.88 bits per heavy atom. The highest BCUT2D eigenvalue weighted by Crippen LogP contribution is 2.26. The third kappa shape index (κ3) is 3.26. The standard InChI is InChI=1S/C12H18N2O2S/c1-9-4-2-3-5-11(9)13-8-10-6-7-12(17-10)14(15)16/h6-7,9,11,13H,2-5,8H2,1H3. The van der Waals surface area contributed by atoms with Crippen LogP contribution in [0.4, 0.5) is 5.00 Å². The lowest BCUT2D eigenvalue weighted by molar-refractivity contribution is -0.380. The minimum Gasteiger partial charge on any atom is -0.309 e. The molecule has 0 spiro atoms. The lowest BCUT2D eigenvalue weighted by Gasteiger charge is -2.29. The zero-order valence-corrected chi connectivity index (χ0v) is 10.8. The van der Waals surface area contributed by atoms with E-state index in [1.54, 1.807) is 6.07 Å². The third-order valence-corrected chi connectivity index (χ3v) is 4.51. The van der Waals surface area contributed by atoms with Crippen molar-refractivity contribution in [2.45, 2.75) is 45.2 Å². The van der Waals surface area contributed by atoms with E-state index in [0.29, 0.717) is 6.04 Å². The topological polar surface area (TPSA) is 55.2 Å². The zero-order valence-electron chi connectivity index (χ0n) is 10.0. The maximum absolute atomic E-state index is 10.6. The Hall–Kier alpha value is -0.940. The smallest absolute Gasteiger partial charge is 0.309 e. The summed E-state index contributed by atoms with van der Waals surface area (Å²) in [5, 5.41) is 14.3. The second-order valence-corrected chi connectivity index (χ2v) is 5.89. The number of hydrogen-bond donors (Lipinski definition) is 1. The van der Waals surface area contributed by atoms with Gasteiger partial charge in [0.1, 0.15) is 0 Å². The maximum atomic E-state index is 10.6. The van der Waals surface area contributed by atoms with Gasteiger partial charge in [-0.2, -0.15) is 0 Å². The minimum atomic E-state index is -0.322. The Kier molecular flexibility index (Phi) is 4.12. The number of nitro groups is 1. The van der Waals surface area contributed by atoms with E-state index < -0.39 is 0 Å². The van der Waals surface area contributed by atoms with Crippen LogP contribution in [0.25, 0.3) is 0 Å². The quantitative estimate of drug-likeness (QED) is 0.662. The van der Waals surface area contributed by atoms with E-state index in [1.165, 1.54) is 37.0 Å². The fourth-order valence-electron chi connectivity index (χ4n) is 2.41. The second-order valence-electron chi connectivity index (χ2n) is 4.75. The Balaban J connectivity index is 1.86. The van der Waals surface area contributed by atoms with Crippen LogP contribution in [0, 0.1) is 16.0 Å². The zero-order chi connectivity index (χ0) is 12.3. The highest BCUT2D eigenvalue weighted by Gasteiger charge is 2.20. The number of hydrogen-bond acceptors (Lipinski definition) is 4. The van der Waals surface area contributed by atoms with Gasteiger partial charge in [0.25, 0.3) is 0 Å². The van der Waals surface area contributed by atoms with Gasteiger partial charge >= 0.3 is 5.00 Å². The lowest BCUT2D eigenvalue weighted by atomic mass is 9.86. The first kappa shape index (κ1) is 12.5. The molecule has 1 saturated carbocycles. The summed E-state index contributed by atoms with van der Waals surface area (Å²) in [5.74, 6) is 0.721. The summed E-state index contributed by atoms with van der Waals surface area (Å²) in [7, 11) is 0. The van der Waals surface area contributed by atoms with Crippen molar-refractivity contribution in [1.29, 1.82) is 0 Å². The summed E-state index contributed by atoms with van der Waals surface area (Å²) < 4.78 is 0. The molecule has 0 saturated heterocycles. The number of nitrogens with zero attached hydrogens (tertiary/aromatic N) is 1. The molecule has 1 aliphatic carbocycles. The molecule has 0 radical (unpaired) electrons. The van der Waals surface area contributed by atoms with Crippen LogP contribution in [0.15, 0.2) is 12.1 Å². The van der Waals surface area contributed by atoms with E-state index in [0.717, 1.165) is 17.3 Å². The van der Waals surface area contributed by atoms with Crippen molar-refractivity contribution in [1.82, 2.24) is 5.32 Å². The van der Waals surface area contributed by atoms with Gasteiger partial charge < -0.3 is 5.32 Å². The monoisotopic (exact) mass is 254 g/mol. The van der Waals surface area contributed by atoms with Crippen LogP contribution < -0.4 is 5.32 Å². The van der Waals surface area contributed by atoms with Crippen LogP contribution in [-0.4, -0.2) is 11.0 Å². The molecule has 4 nitrogen and oxygen atoms in total. The van der Waals surface area contributed by atoms with Gasteiger partial charge in [-0.15, -0.1) is 0 Å². The number of nitrogens with one attached hydrogen (secondary N) is 1. The summed E-state index contributed by atoms with van der Waals surface area (Å²) in [6.07, 6.45) is 5.16. The molecule has 0 bridgehead atoms. The summed E-state index contributed by atoms with van der Waals surface area (Å²) in [4.78, 5) is 11.3. The number of thiophene rings is 1. The number of rotatable bonds is 4. The van der Waals surface area contributed by atoms with E-state index >= 15 is 0 Å². The molecule has 0 amide bonds. The van der Waals surface area contributed by atoms with Crippen LogP contribution >= 0.6 is 11.3 Å². The van der Waals surface area contributed by atoms with Crippen LogP contribution in [0.1, 0.15) is 37.5 Å². The van der Waals surface area contributed by atoms with Gasteiger partial charge in [0, 0.05) is 23.5 Å². The van der Waals surface area contributed by atoms with E-state index in [2.05, 4.69) is 12.2 Å². The predicted octanol–water partition coefficient (Wildman–Crippen LogP) is 3.32. The first-order valence-corrected chi connectivity index (χ1v) is 6.95. The SMILES string of the molecule is CC1CCCCC1NCc1ccc([N+](=O)[O-])s1. The van der Waals surface area contributed by atoms with Crippen molar-refractivity contribution in [2.75, 3.05) is 0 Å². The molecule has 1 aliphatic rings. The highest BCUT2D eigenvalue weighted by atomic mass is 32.1. The van der Waals surface area contributed by atoms with Crippen LogP contribution in [0.2, 0.25) is 0 Å². The normalized spacial score (nSPS) is 24.8. The Labute approximate surface area is 105 Å². The van der Waals surface area contributed by atoms with Crippen LogP contribution in [-0.2, 0) is 6.54 Å². The Bertz CT molecular complexity index is 392. The maximum Gasteiger partial charge on any atom is 0.324 e. The predicted molar refractivity (Wildman–Crippen MR) is 69.2 cm³/mol. The van der Waals surface area contributed by atoms with Crippen LogP contribution in [0.3, 0.4) is 0 Å². The molecule has 2 rings (SSSR count). The molecule has 1 fully saturated rings. The van der Waals surface area contributed by atoms with Gasteiger partial charge in [-0.3, -0.25) is 10.1 Å². The van der Waals surface area contributed by atoms with Crippen molar-refractivity contribution in [3.63, 3.8) is 0 Å². The molecule has 1 heterocycles. The van der Waals surface area contributed by atoms with Gasteiger partial charge in [-0.25, -0.2) is 0 Å². The van der Waals surface area contributed by atoms with Crippen molar-refractivity contribution in [3.8, 4) is 0 Å². The first-order valence-electron chi connectivity index (χ1n) is 6.13. The van der Waals surface area contributed by atoms with Crippen molar-refractivity contribution in [2.24, 2.45) is 5.92 Å². The molecule has 2 unspecified atom stereocenters. The van der Waals surface area contributed by atoms with Crippen molar-refractivity contribution < 1.29 is 4.92 Å². The molecule has 1 N–H and O–H groups in total. The molecule has 94 valence electrons. The summed E-state index contributed by atoms with van der Waals surface area (Å²) in [5.41, 5.74) is 0. The molecule has 0 aromatic carbocycles.